The van der Waals surface area contributed by atoms with Gasteiger partial charge >= 0.3 is 0 Å². The van der Waals surface area contributed by atoms with Gasteiger partial charge in [0.25, 0.3) is 0 Å². The van der Waals surface area contributed by atoms with Gasteiger partial charge in [-0.25, -0.2) is 0 Å². The Balaban J connectivity index is 1.93. The molecular weight excluding hydrogens is 240 g/mol. The molecule has 0 spiro atoms. The lowest BCUT2D eigenvalue weighted by Gasteiger charge is -2.25. The zero-order valence-electron chi connectivity index (χ0n) is 11.6. The molecule has 0 atom stereocenters. The summed E-state index contributed by atoms with van der Waals surface area (Å²) in [6.07, 6.45) is 2.15. The average molecular weight is 264 g/mol. The molecule has 19 heavy (non-hydrogen) atoms. The number of hydrogen-bond acceptors (Lipinski definition) is 4. The normalized spacial score (nSPS) is 16.3. The first-order chi connectivity index (χ1) is 9.33. The minimum atomic E-state index is 0.190. The van der Waals surface area contributed by atoms with E-state index in [4.69, 9.17) is 9.84 Å². The fourth-order valence-corrected chi connectivity index (χ4v) is 2.44. The molecule has 1 heterocycles. The maximum Gasteiger partial charge on any atom is 0.0606 e. The summed E-state index contributed by atoms with van der Waals surface area (Å²) in [4.78, 5) is 2.16. The van der Waals surface area contributed by atoms with Crippen molar-refractivity contribution >= 4 is 11.4 Å². The van der Waals surface area contributed by atoms with Gasteiger partial charge in [-0.3, -0.25) is 0 Å². The molecule has 1 aromatic rings. The average Bonchev–Trinajstić information content (AvgIpc) is 2.47. The maximum atomic E-state index is 9.03. The Kier molecular flexibility index (Phi) is 5.48. The molecule has 2 rings (SSSR count). The van der Waals surface area contributed by atoms with E-state index >= 15 is 0 Å². The van der Waals surface area contributed by atoms with Crippen LogP contribution in [0.25, 0.3) is 0 Å². The first kappa shape index (κ1) is 14.2. The van der Waals surface area contributed by atoms with Crippen LogP contribution < -0.4 is 10.2 Å². The number of nitrogens with one attached hydrogen (secondary N) is 1. The Morgan fingerprint density at radius 2 is 1.95 bits per heavy atom. The first-order valence-corrected chi connectivity index (χ1v) is 7.13. The number of aliphatic hydroxyl groups excluding tert-OH is 1. The van der Waals surface area contributed by atoms with Crippen molar-refractivity contribution in [3.63, 3.8) is 0 Å². The van der Waals surface area contributed by atoms with Crippen LogP contribution in [0.1, 0.15) is 19.8 Å². The SMILES string of the molecule is CCN(CCO)c1ccc(NC2CCOCC2)cc1. The van der Waals surface area contributed by atoms with E-state index in [0.29, 0.717) is 12.6 Å². The van der Waals surface area contributed by atoms with Crippen molar-refractivity contribution < 1.29 is 9.84 Å². The predicted molar refractivity (Wildman–Crippen MR) is 78.9 cm³/mol. The van der Waals surface area contributed by atoms with E-state index in [-0.39, 0.29) is 6.61 Å². The van der Waals surface area contributed by atoms with Gasteiger partial charge in [-0.05, 0) is 44.0 Å². The minimum absolute atomic E-state index is 0.190. The van der Waals surface area contributed by atoms with Gasteiger partial charge < -0.3 is 20.1 Å². The molecule has 0 saturated carbocycles. The van der Waals surface area contributed by atoms with Crippen molar-refractivity contribution in [3.8, 4) is 0 Å². The van der Waals surface area contributed by atoms with Gasteiger partial charge in [0.05, 0.1) is 6.61 Å². The van der Waals surface area contributed by atoms with E-state index in [9.17, 15) is 0 Å². The molecule has 106 valence electrons. The molecule has 0 aromatic heterocycles. The zero-order chi connectivity index (χ0) is 13.5. The summed E-state index contributed by atoms with van der Waals surface area (Å²) in [5.41, 5.74) is 2.32. The van der Waals surface area contributed by atoms with Crippen LogP contribution in [0, 0.1) is 0 Å². The first-order valence-electron chi connectivity index (χ1n) is 7.13. The lowest BCUT2D eigenvalue weighted by Crippen LogP contribution is -2.28. The molecule has 1 aliphatic heterocycles. The summed E-state index contributed by atoms with van der Waals surface area (Å²) in [6, 6.07) is 8.98. The largest absolute Gasteiger partial charge is 0.395 e. The number of likely N-dealkylation sites (N-methyl/N-ethyl adjacent to an activating group) is 1. The van der Waals surface area contributed by atoms with Crippen molar-refractivity contribution in [2.75, 3.05) is 43.1 Å². The molecule has 2 N–H and O–H groups in total. The van der Waals surface area contributed by atoms with Gasteiger partial charge in [-0.15, -0.1) is 0 Å². The van der Waals surface area contributed by atoms with Crippen LogP contribution >= 0.6 is 0 Å². The summed E-state index contributed by atoms with van der Waals surface area (Å²) >= 11 is 0. The Morgan fingerprint density at radius 1 is 1.26 bits per heavy atom. The summed E-state index contributed by atoms with van der Waals surface area (Å²) in [6.45, 7) is 5.60. The number of rotatable bonds is 6. The van der Waals surface area contributed by atoms with Gasteiger partial charge in [0.15, 0.2) is 0 Å². The number of benzene rings is 1. The smallest absolute Gasteiger partial charge is 0.0606 e. The highest BCUT2D eigenvalue weighted by atomic mass is 16.5. The van der Waals surface area contributed by atoms with E-state index in [2.05, 4.69) is 41.4 Å². The van der Waals surface area contributed by atoms with E-state index in [0.717, 1.165) is 44.0 Å². The molecule has 0 amide bonds. The van der Waals surface area contributed by atoms with Crippen LogP contribution in [0.15, 0.2) is 24.3 Å². The standard InChI is InChI=1S/C15H24N2O2/c1-2-17(9-10-18)15-5-3-13(4-6-15)16-14-7-11-19-12-8-14/h3-6,14,16,18H,2,7-12H2,1H3. The fraction of sp³-hybridized carbons (Fsp3) is 0.600. The molecule has 1 aliphatic rings. The van der Waals surface area contributed by atoms with Gasteiger partial charge in [-0.2, -0.15) is 0 Å². The van der Waals surface area contributed by atoms with Crippen LogP contribution in [-0.4, -0.2) is 44.1 Å². The summed E-state index contributed by atoms with van der Waals surface area (Å²) in [5.74, 6) is 0. The van der Waals surface area contributed by atoms with E-state index in [1.807, 2.05) is 0 Å². The van der Waals surface area contributed by atoms with Crippen molar-refractivity contribution in [2.45, 2.75) is 25.8 Å². The maximum absolute atomic E-state index is 9.03. The second kappa shape index (κ2) is 7.36. The number of nitrogens with zero attached hydrogens (tertiary/aromatic N) is 1. The van der Waals surface area contributed by atoms with Crippen LogP contribution in [0.4, 0.5) is 11.4 Å². The molecule has 1 aromatic carbocycles. The molecule has 1 saturated heterocycles. The number of hydrogen-bond donors (Lipinski definition) is 2. The molecule has 0 radical (unpaired) electrons. The summed E-state index contributed by atoms with van der Waals surface area (Å²) < 4.78 is 5.36. The predicted octanol–water partition coefficient (Wildman–Crippen LogP) is 2.10. The number of aliphatic hydroxyl groups is 1. The zero-order valence-corrected chi connectivity index (χ0v) is 11.6. The third kappa shape index (κ3) is 4.11. The molecule has 0 bridgehead atoms. The molecule has 4 nitrogen and oxygen atoms in total. The third-order valence-electron chi connectivity index (χ3n) is 3.58. The second-order valence-electron chi connectivity index (χ2n) is 4.88. The van der Waals surface area contributed by atoms with Gasteiger partial charge in [0.2, 0.25) is 0 Å². The van der Waals surface area contributed by atoms with Gasteiger partial charge in [0, 0.05) is 43.7 Å². The Hall–Kier alpha value is -1.26. The Labute approximate surface area is 115 Å². The van der Waals surface area contributed by atoms with Crippen LogP contribution in [-0.2, 0) is 4.74 Å². The van der Waals surface area contributed by atoms with Gasteiger partial charge in [0.1, 0.15) is 0 Å². The van der Waals surface area contributed by atoms with Crippen molar-refractivity contribution in [3.05, 3.63) is 24.3 Å². The van der Waals surface area contributed by atoms with Gasteiger partial charge in [-0.1, -0.05) is 0 Å². The second-order valence-corrected chi connectivity index (χ2v) is 4.88. The highest BCUT2D eigenvalue weighted by molar-refractivity contribution is 5.55. The highest BCUT2D eigenvalue weighted by Crippen LogP contribution is 2.20. The molecule has 0 unspecified atom stereocenters. The molecule has 4 heteroatoms. The van der Waals surface area contributed by atoms with E-state index in [1.54, 1.807) is 0 Å². The van der Waals surface area contributed by atoms with Crippen molar-refractivity contribution in [1.29, 1.82) is 0 Å². The Morgan fingerprint density at radius 3 is 2.53 bits per heavy atom. The lowest BCUT2D eigenvalue weighted by molar-refractivity contribution is 0.0904. The topological polar surface area (TPSA) is 44.7 Å². The number of anilines is 2. The monoisotopic (exact) mass is 264 g/mol. The van der Waals surface area contributed by atoms with Crippen LogP contribution in [0.5, 0.6) is 0 Å². The third-order valence-corrected chi connectivity index (χ3v) is 3.58. The quantitative estimate of drug-likeness (QED) is 0.826. The van der Waals surface area contributed by atoms with E-state index in [1.165, 1.54) is 0 Å². The summed E-state index contributed by atoms with van der Waals surface area (Å²) in [5, 5.41) is 12.6. The molecular formula is C15H24N2O2. The molecule has 1 fully saturated rings. The minimum Gasteiger partial charge on any atom is -0.395 e. The highest BCUT2D eigenvalue weighted by Gasteiger charge is 2.13. The van der Waals surface area contributed by atoms with Crippen molar-refractivity contribution in [1.82, 2.24) is 0 Å². The fourth-order valence-electron chi connectivity index (χ4n) is 2.44. The molecule has 0 aliphatic carbocycles. The lowest BCUT2D eigenvalue weighted by atomic mass is 10.1. The van der Waals surface area contributed by atoms with Crippen LogP contribution in [0.2, 0.25) is 0 Å². The van der Waals surface area contributed by atoms with Crippen molar-refractivity contribution in [2.24, 2.45) is 0 Å². The number of ether oxygens (including phenoxy) is 1. The Bertz CT molecular complexity index is 361. The van der Waals surface area contributed by atoms with E-state index < -0.39 is 0 Å². The van der Waals surface area contributed by atoms with Crippen LogP contribution in [0.3, 0.4) is 0 Å². The summed E-state index contributed by atoms with van der Waals surface area (Å²) in [7, 11) is 0.